The van der Waals surface area contributed by atoms with Gasteiger partial charge in [-0.1, -0.05) is 15.9 Å². The van der Waals surface area contributed by atoms with Gasteiger partial charge < -0.3 is 4.90 Å². The minimum atomic E-state index is -1.52. The van der Waals surface area contributed by atoms with Crippen molar-refractivity contribution in [3.63, 3.8) is 0 Å². The van der Waals surface area contributed by atoms with Gasteiger partial charge in [0.25, 0.3) is 0 Å². The van der Waals surface area contributed by atoms with Crippen molar-refractivity contribution in [3.05, 3.63) is 29.6 Å². The summed E-state index contributed by atoms with van der Waals surface area (Å²) in [5.41, 5.74) is 0.0647. The van der Waals surface area contributed by atoms with Crippen LogP contribution in [0.2, 0.25) is 0 Å². The molecule has 1 aliphatic rings. The van der Waals surface area contributed by atoms with Crippen molar-refractivity contribution in [1.29, 1.82) is 0 Å². The summed E-state index contributed by atoms with van der Waals surface area (Å²) in [6.07, 6.45) is 0.325. The minimum absolute atomic E-state index is 0.0647. The second-order valence-corrected chi connectivity index (χ2v) is 4.60. The van der Waals surface area contributed by atoms with E-state index >= 15 is 0 Å². The first kappa shape index (κ1) is 12.4. The van der Waals surface area contributed by atoms with E-state index < -0.39 is 17.5 Å². The first-order valence-corrected chi connectivity index (χ1v) is 6.16. The van der Waals surface area contributed by atoms with E-state index in [9.17, 15) is 18.0 Å². The summed E-state index contributed by atoms with van der Waals surface area (Å²) in [4.78, 5) is 12.9. The third-order valence-electron chi connectivity index (χ3n) is 2.70. The van der Waals surface area contributed by atoms with Gasteiger partial charge in [-0.05, 0) is 5.92 Å². The Balaban J connectivity index is 2.32. The molecule has 1 aliphatic heterocycles. The van der Waals surface area contributed by atoms with Gasteiger partial charge in [-0.15, -0.1) is 0 Å². The number of halogens is 4. The number of amides is 1. The number of benzene rings is 1. The van der Waals surface area contributed by atoms with E-state index in [2.05, 4.69) is 15.9 Å². The van der Waals surface area contributed by atoms with Crippen LogP contribution in [-0.4, -0.2) is 17.8 Å². The lowest BCUT2D eigenvalue weighted by Crippen LogP contribution is -2.25. The van der Waals surface area contributed by atoms with Crippen molar-refractivity contribution in [2.24, 2.45) is 5.92 Å². The number of nitrogens with zero attached hydrogens (tertiary/aromatic N) is 1. The van der Waals surface area contributed by atoms with Crippen LogP contribution in [0.3, 0.4) is 0 Å². The first-order valence-electron chi connectivity index (χ1n) is 5.03. The van der Waals surface area contributed by atoms with Gasteiger partial charge in [0.05, 0.1) is 0 Å². The van der Waals surface area contributed by atoms with Crippen molar-refractivity contribution in [1.82, 2.24) is 0 Å². The first-order chi connectivity index (χ1) is 8.02. The standard InChI is InChI=1S/C11H9BrF3NO/c12-4-6-1-10(17)16(5-6)7-2-8(13)11(15)9(14)3-7/h2-3,6H,1,4-5H2. The van der Waals surface area contributed by atoms with Crippen LogP contribution in [0.5, 0.6) is 0 Å². The molecule has 92 valence electrons. The van der Waals surface area contributed by atoms with Crippen LogP contribution in [0.25, 0.3) is 0 Å². The van der Waals surface area contributed by atoms with Gasteiger partial charge in [-0.2, -0.15) is 0 Å². The lowest BCUT2D eigenvalue weighted by atomic mass is 10.2. The third-order valence-corrected chi connectivity index (χ3v) is 3.62. The van der Waals surface area contributed by atoms with E-state index in [0.717, 1.165) is 12.1 Å². The molecule has 0 aromatic heterocycles. The molecule has 2 nitrogen and oxygen atoms in total. The van der Waals surface area contributed by atoms with Gasteiger partial charge in [0.2, 0.25) is 5.91 Å². The summed E-state index contributed by atoms with van der Waals surface area (Å²) in [6.45, 7) is 0.384. The lowest BCUT2D eigenvalue weighted by molar-refractivity contribution is -0.117. The summed E-state index contributed by atoms with van der Waals surface area (Å²) >= 11 is 3.26. The molecule has 0 saturated carbocycles. The highest BCUT2D eigenvalue weighted by Gasteiger charge is 2.30. The molecule has 1 aromatic rings. The zero-order chi connectivity index (χ0) is 12.6. The van der Waals surface area contributed by atoms with Gasteiger partial charge >= 0.3 is 0 Å². The highest BCUT2D eigenvalue weighted by Crippen LogP contribution is 2.28. The maximum atomic E-state index is 13.0. The summed E-state index contributed by atoms with van der Waals surface area (Å²) in [5.74, 6) is -4.18. The summed E-state index contributed by atoms with van der Waals surface area (Å²) < 4.78 is 38.9. The number of hydrogen-bond acceptors (Lipinski definition) is 1. The molecule has 0 radical (unpaired) electrons. The second kappa shape index (κ2) is 4.68. The van der Waals surface area contributed by atoms with Crippen molar-refractivity contribution in [2.45, 2.75) is 6.42 Å². The van der Waals surface area contributed by atoms with Crippen molar-refractivity contribution < 1.29 is 18.0 Å². The number of carbonyl (C=O) groups excluding carboxylic acids is 1. The van der Waals surface area contributed by atoms with Gasteiger partial charge in [-0.25, -0.2) is 13.2 Å². The molecule has 2 rings (SSSR count). The average molecular weight is 308 g/mol. The third kappa shape index (κ3) is 2.31. The maximum Gasteiger partial charge on any atom is 0.227 e. The van der Waals surface area contributed by atoms with Crippen LogP contribution in [0.4, 0.5) is 18.9 Å². The fourth-order valence-electron chi connectivity index (χ4n) is 1.83. The highest BCUT2D eigenvalue weighted by molar-refractivity contribution is 9.09. The Bertz CT molecular complexity index is 443. The molecule has 0 spiro atoms. The second-order valence-electron chi connectivity index (χ2n) is 3.95. The van der Waals surface area contributed by atoms with Crippen molar-refractivity contribution in [3.8, 4) is 0 Å². The Labute approximate surface area is 105 Å². The zero-order valence-corrected chi connectivity index (χ0v) is 10.3. The van der Waals surface area contributed by atoms with Crippen LogP contribution < -0.4 is 4.90 Å². The Morgan fingerprint density at radius 1 is 1.29 bits per heavy atom. The lowest BCUT2D eigenvalue weighted by Gasteiger charge is -2.16. The van der Waals surface area contributed by atoms with E-state index in [-0.39, 0.29) is 17.5 Å². The average Bonchev–Trinajstić information content (AvgIpc) is 2.67. The molecule has 6 heteroatoms. The molecule has 0 aliphatic carbocycles. The predicted octanol–water partition coefficient (Wildman–Crippen LogP) is 2.85. The van der Waals surface area contributed by atoms with E-state index in [1.807, 2.05) is 0 Å². The van der Waals surface area contributed by atoms with Crippen LogP contribution in [-0.2, 0) is 4.79 Å². The van der Waals surface area contributed by atoms with Gasteiger partial charge in [0.1, 0.15) is 0 Å². The number of rotatable bonds is 2. The molecule has 1 unspecified atom stereocenters. The zero-order valence-electron chi connectivity index (χ0n) is 8.72. The Morgan fingerprint density at radius 3 is 2.35 bits per heavy atom. The van der Waals surface area contributed by atoms with Crippen LogP contribution in [0, 0.1) is 23.4 Å². The summed E-state index contributed by atoms with van der Waals surface area (Å²) in [7, 11) is 0. The summed E-state index contributed by atoms with van der Waals surface area (Å²) in [5, 5.41) is 0.640. The van der Waals surface area contributed by atoms with Crippen LogP contribution >= 0.6 is 15.9 Å². The van der Waals surface area contributed by atoms with Gasteiger partial charge in [-0.3, -0.25) is 4.79 Å². The van der Waals surface area contributed by atoms with Crippen LogP contribution in [0.15, 0.2) is 12.1 Å². The van der Waals surface area contributed by atoms with Gasteiger partial charge in [0.15, 0.2) is 17.5 Å². The molecule has 1 fully saturated rings. The molecular weight excluding hydrogens is 299 g/mol. The molecular formula is C11H9BrF3NO. The molecule has 1 amide bonds. The number of anilines is 1. The highest BCUT2D eigenvalue weighted by atomic mass is 79.9. The van der Waals surface area contributed by atoms with E-state index in [0.29, 0.717) is 18.3 Å². The molecule has 0 bridgehead atoms. The van der Waals surface area contributed by atoms with E-state index in [1.165, 1.54) is 4.90 Å². The van der Waals surface area contributed by atoms with E-state index in [1.54, 1.807) is 0 Å². The van der Waals surface area contributed by atoms with Crippen molar-refractivity contribution >= 4 is 27.5 Å². The quantitative estimate of drug-likeness (QED) is 0.608. The largest absolute Gasteiger partial charge is 0.312 e. The predicted molar refractivity (Wildman–Crippen MR) is 60.6 cm³/mol. The molecule has 1 aromatic carbocycles. The maximum absolute atomic E-state index is 13.0. The van der Waals surface area contributed by atoms with Crippen LogP contribution in [0.1, 0.15) is 6.42 Å². The Hall–Kier alpha value is -1.04. The Kier molecular flexibility index (Phi) is 3.42. The summed E-state index contributed by atoms with van der Waals surface area (Å²) in [6, 6.07) is 1.68. The molecule has 1 heterocycles. The van der Waals surface area contributed by atoms with Crippen molar-refractivity contribution in [2.75, 3.05) is 16.8 Å². The molecule has 1 saturated heterocycles. The fourth-order valence-corrected chi connectivity index (χ4v) is 2.27. The van der Waals surface area contributed by atoms with Gasteiger partial charge in [0, 0.05) is 36.1 Å². The Morgan fingerprint density at radius 2 is 1.88 bits per heavy atom. The van der Waals surface area contributed by atoms with E-state index in [4.69, 9.17) is 0 Å². The molecule has 1 atom stereocenters. The minimum Gasteiger partial charge on any atom is -0.312 e. The topological polar surface area (TPSA) is 20.3 Å². The monoisotopic (exact) mass is 307 g/mol. The fraction of sp³-hybridized carbons (Fsp3) is 0.364. The SMILES string of the molecule is O=C1CC(CBr)CN1c1cc(F)c(F)c(F)c1. The number of alkyl halides is 1. The molecule has 0 N–H and O–H groups in total. The smallest absolute Gasteiger partial charge is 0.227 e. The number of carbonyl (C=O) groups is 1. The number of hydrogen-bond donors (Lipinski definition) is 0. The normalized spacial score (nSPS) is 20.1. The molecule has 17 heavy (non-hydrogen) atoms.